The van der Waals surface area contributed by atoms with E-state index in [0.717, 1.165) is 0 Å². The number of Topliss-reactive ketones (excluding diaryl/α,β-unsaturated/α-hetero) is 1. The SMILES string of the molecule is COc1ccc(C(=O)C(C)(C)CCN)cc1OC. The first kappa shape index (κ1) is 14.5. The molecule has 1 aromatic rings. The fourth-order valence-electron chi connectivity index (χ4n) is 1.84. The van der Waals surface area contributed by atoms with Gasteiger partial charge in [-0.05, 0) is 31.2 Å². The maximum atomic E-state index is 12.4. The van der Waals surface area contributed by atoms with Crippen LogP contribution in [0, 0.1) is 5.41 Å². The molecule has 0 amide bonds. The largest absolute Gasteiger partial charge is 0.493 e. The van der Waals surface area contributed by atoms with Gasteiger partial charge in [0, 0.05) is 11.0 Å². The Morgan fingerprint density at radius 1 is 1.22 bits per heavy atom. The van der Waals surface area contributed by atoms with Crippen molar-refractivity contribution in [2.45, 2.75) is 20.3 Å². The molecule has 0 aliphatic rings. The fourth-order valence-corrected chi connectivity index (χ4v) is 1.84. The van der Waals surface area contributed by atoms with Gasteiger partial charge in [-0.25, -0.2) is 0 Å². The molecule has 0 radical (unpaired) electrons. The number of carbonyl (C=O) groups is 1. The van der Waals surface area contributed by atoms with E-state index in [0.29, 0.717) is 30.0 Å². The van der Waals surface area contributed by atoms with E-state index in [1.807, 2.05) is 13.8 Å². The number of rotatable bonds is 6. The molecule has 0 saturated heterocycles. The summed E-state index contributed by atoms with van der Waals surface area (Å²) in [5, 5.41) is 0. The van der Waals surface area contributed by atoms with Gasteiger partial charge in [0.2, 0.25) is 0 Å². The third kappa shape index (κ3) is 3.01. The Hall–Kier alpha value is -1.55. The first-order valence-corrected chi connectivity index (χ1v) is 5.93. The summed E-state index contributed by atoms with van der Waals surface area (Å²) in [6.45, 7) is 4.30. The molecule has 2 N–H and O–H groups in total. The zero-order chi connectivity index (χ0) is 13.8. The summed E-state index contributed by atoms with van der Waals surface area (Å²) in [5.74, 6) is 1.24. The minimum Gasteiger partial charge on any atom is -0.493 e. The smallest absolute Gasteiger partial charge is 0.168 e. The van der Waals surface area contributed by atoms with Crippen LogP contribution in [0.2, 0.25) is 0 Å². The van der Waals surface area contributed by atoms with Gasteiger partial charge < -0.3 is 15.2 Å². The molecule has 0 aliphatic heterocycles. The molecule has 0 atom stereocenters. The lowest BCUT2D eigenvalue weighted by Crippen LogP contribution is -2.27. The summed E-state index contributed by atoms with van der Waals surface area (Å²) in [7, 11) is 3.12. The van der Waals surface area contributed by atoms with Crippen molar-refractivity contribution < 1.29 is 14.3 Å². The zero-order valence-electron chi connectivity index (χ0n) is 11.4. The van der Waals surface area contributed by atoms with Crippen LogP contribution in [-0.4, -0.2) is 26.5 Å². The van der Waals surface area contributed by atoms with Gasteiger partial charge in [0.05, 0.1) is 14.2 Å². The van der Waals surface area contributed by atoms with Gasteiger partial charge in [-0.1, -0.05) is 13.8 Å². The molecular formula is C14H21NO3. The molecule has 18 heavy (non-hydrogen) atoms. The zero-order valence-corrected chi connectivity index (χ0v) is 11.4. The maximum Gasteiger partial charge on any atom is 0.168 e. The number of hydrogen-bond donors (Lipinski definition) is 1. The van der Waals surface area contributed by atoms with Crippen molar-refractivity contribution in [2.75, 3.05) is 20.8 Å². The highest BCUT2D eigenvalue weighted by atomic mass is 16.5. The summed E-state index contributed by atoms with van der Waals surface area (Å²) in [5.41, 5.74) is 5.69. The number of carbonyl (C=O) groups excluding carboxylic acids is 1. The quantitative estimate of drug-likeness (QED) is 0.788. The lowest BCUT2D eigenvalue weighted by molar-refractivity contribution is 0.0829. The van der Waals surface area contributed by atoms with Crippen LogP contribution in [0.5, 0.6) is 11.5 Å². The second-order valence-electron chi connectivity index (χ2n) is 4.82. The van der Waals surface area contributed by atoms with Crippen LogP contribution in [-0.2, 0) is 0 Å². The van der Waals surface area contributed by atoms with E-state index in [2.05, 4.69) is 0 Å². The number of benzene rings is 1. The second kappa shape index (κ2) is 5.87. The minimum absolute atomic E-state index is 0.0638. The Morgan fingerprint density at radius 3 is 2.33 bits per heavy atom. The molecule has 4 heteroatoms. The van der Waals surface area contributed by atoms with Crippen LogP contribution in [0.4, 0.5) is 0 Å². The first-order valence-electron chi connectivity index (χ1n) is 5.93. The average molecular weight is 251 g/mol. The summed E-state index contributed by atoms with van der Waals surface area (Å²) < 4.78 is 10.3. The van der Waals surface area contributed by atoms with Crippen molar-refractivity contribution in [3.63, 3.8) is 0 Å². The molecule has 0 fully saturated rings. The molecule has 0 bridgehead atoms. The van der Waals surface area contributed by atoms with Crippen molar-refractivity contribution in [3.8, 4) is 11.5 Å². The molecule has 0 aliphatic carbocycles. The maximum absolute atomic E-state index is 12.4. The molecule has 1 rings (SSSR count). The Bertz CT molecular complexity index is 427. The summed E-state index contributed by atoms with van der Waals surface area (Å²) in [6.07, 6.45) is 0.653. The van der Waals surface area contributed by atoms with E-state index in [-0.39, 0.29) is 5.78 Å². The van der Waals surface area contributed by atoms with Gasteiger partial charge in [0.15, 0.2) is 17.3 Å². The van der Waals surface area contributed by atoms with Crippen LogP contribution >= 0.6 is 0 Å². The predicted molar refractivity (Wildman–Crippen MR) is 71.3 cm³/mol. The van der Waals surface area contributed by atoms with Gasteiger partial charge in [-0.3, -0.25) is 4.79 Å². The van der Waals surface area contributed by atoms with Crippen molar-refractivity contribution in [1.29, 1.82) is 0 Å². The van der Waals surface area contributed by atoms with Gasteiger partial charge >= 0.3 is 0 Å². The van der Waals surface area contributed by atoms with Gasteiger partial charge in [-0.2, -0.15) is 0 Å². The lowest BCUT2D eigenvalue weighted by atomic mass is 9.81. The molecule has 0 aromatic heterocycles. The fraction of sp³-hybridized carbons (Fsp3) is 0.500. The van der Waals surface area contributed by atoms with E-state index >= 15 is 0 Å². The van der Waals surface area contributed by atoms with Gasteiger partial charge in [0.25, 0.3) is 0 Å². The lowest BCUT2D eigenvalue weighted by Gasteiger charge is -2.22. The third-order valence-electron chi connectivity index (χ3n) is 3.03. The Labute approximate surface area is 108 Å². The minimum atomic E-state index is -0.464. The Balaban J connectivity index is 3.07. The molecule has 0 spiro atoms. The van der Waals surface area contributed by atoms with Crippen LogP contribution in [0.1, 0.15) is 30.6 Å². The molecule has 0 unspecified atom stereocenters. The standard InChI is InChI=1S/C14H21NO3/c1-14(2,7-8-15)13(16)10-5-6-11(17-3)12(9-10)18-4/h5-6,9H,7-8,15H2,1-4H3. The van der Waals surface area contributed by atoms with Crippen molar-refractivity contribution in [2.24, 2.45) is 11.1 Å². The van der Waals surface area contributed by atoms with Crippen molar-refractivity contribution >= 4 is 5.78 Å². The van der Waals surface area contributed by atoms with E-state index < -0.39 is 5.41 Å². The Kier molecular flexibility index (Phi) is 4.73. The molecule has 0 saturated carbocycles. The average Bonchev–Trinajstić information content (AvgIpc) is 2.36. The number of nitrogens with two attached hydrogens (primary N) is 1. The number of methoxy groups -OCH3 is 2. The normalized spacial score (nSPS) is 11.2. The second-order valence-corrected chi connectivity index (χ2v) is 4.82. The van der Waals surface area contributed by atoms with Gasteiger partial charge in [0.1, 0.15) is 0 Å². The predicted octanol–water partition coefficient (Wildman–Crippen LogP) is 2.26. The summed E-state index contributed by atoms with van der Waals surface area (Å²) in [4.78, 5) is 12.4. The van der Waals surface area contributed by atoms with Gasteiger partial charge in [-0.15, -0.1) is 0 Å². The van der Waals surface area contributed by atoms with Crippen molar-refractivity contribution in [1.82, 2.24) is 0 Å². The van der Waals surface area contributed by atoms with Crippen molar-refractivity contribution in [3.05, 3.63) is 23.8 Å². The highest BCUT2D eigenvalue weighted by Gasteiger charge is 2.28. The molecule has 100 valence electrons. The van der Waals surface area contributed by atoms with Crippen LogP contribution < -0.4 is 15.2 Å². The molecule has 4 nitrogen and oxygen atoms in total. The highest BCUT2D eigenvalue weighted by Crippen LogP contribution is 2.31. The Morgan fingerprint density at radius 2 is 1.83 bits per heavy atom. The first-order chi connectivity index (χ1) is 8.46. The van der Waals surface area contributed by atoms with Crippen LogP contribution in [0.15, 0.2) is 18.2 Å². The van der Waals surface area contributed by atoms with Crippen LogP contribution in [0.25, 0.3) is 0 Å². The topological polar surface area (TPSA) is 61.5 Å². The third-order valence-corrected chi connectivity index (χ3v) is 3.03. The van der Waals surface area contributed by atoms with Crippen LogP contribution in [0.3, 0.4) is 0 Å². The van der Waals surface area contributed by atoms with E-state index in [1.165, 1.54) is 0 Å². The summed E-state index contributed by atoms with van der Waals surface area (Å²) >= 11 is 0. The monoisotopic (exact) mass is 251 g/mol. The number of ketones is 1. The molecule has 1 aromatic carbocycles. The number of hydrogen-bond acceptors (Lipinski definition) is 4. The van der Waals surface area contributed by atoms with E-state index in [1.54, 1.807) is 32.4 Å². The molecule has 0 heterocycles. The highest BCUT2D eigenvalue weighted by molar-refractivity contribution is 6.00. The van der Waals surface area contributed by atoms with E-state index in [9.17, 15) is 4.79 Å². The summed E-state index contributed by atoms with van der Waals surface area (Å²) in [6, 6.07) is 5.20. The van der Waals surface area contributed by atoms with E-state index in [4.69, 9.17) is 15.2 Å². The molecular weight excluding hydrogens is 230 g/mol. The number of ether oxygens (including phenoxy) is 2.